The Kier molecular flexibility index (Phi) is 22.4. The van der Waals surface area contributed by atoms with Gasteiger partial charge in [-0.05, 0) is 37.9 Å². The fourth-order valence-corrected chi connectivity index (χ4v) is 4.43. The number of unbranched alkanes of at least 4 members (excludes halogenated alkanes) is 13. The lowest BCUT2D eigenvalue weighted by Crippen LogP contribution is -2.46. The van der Waals surface area contributed by atoms with Crippen molar-refractivity contribution < 1.29 is 34.5 Å². The van der Waals surface area contributed by atoms with Gasteiger partial charge in [-0.3, -0.25) is 24.1 Å². The zero-order chi connectivity index (χ0) is 27.0. The minimum atomic E-state index is -1.28. The number of amides is 1. The number of hydrogen-bond donors (Lipinski definition) is 5. The molecule has 0 spiro atoms. The van der Waals surface area contributed by atoms with Gasteiger partial charge in [-0.2, -0.15) is 12.6 Å². The van der Waals surface area contributed by atoms with Gasteiger partial charge in [0.1, 0.15) is 6.04 Å². The number of aliphatic carboxylic acids is 3. The van der Waals surface area contributed by atoms with E-state index in [1.54, 1.807) is 0 Å². The second-order valence-corrected chi connectivity index (χ2v) is 9.91. The Labute approximate surface area is 221 Å². The molecule has 0 saturated heterocycles. The number of nitrogens with zero attached hydrogens (tertiary/aromatic N) is 1. The molecule has 0 heterocycles. The van der Waals surface area contributed by atoms with Crippen molar-refractivity contribution in [1.82, 2.24) is 10.2 Å². The van der Waals surface area contributed by atoms with Crippen molar-refractivity contribution >= 4 is 36.4 Å². The van der Waals surface area contributed by atoms with Crippen molar-refractivity contribution in [3.63, 3.8) is 0 Å². The second kappa shape index (κ2) is 23.6. The van der Waals surface area contributed by atoms with Crippen LogP contribution in [-0.4, -0.2) is 75.5 Å². The number of thiol groups is 1. The lowest BCUT2D eigenvalue weighted by atomic mass is 10.0. The number of carboxylic acids is 3. The van der Waals surface area contributed by atoms with Crippen LogP contribution in [0.25, 0.3) is 0 Å². The standard InChI is InChI=1S/C26H48N2O7S/c29-23(17-12-10-8-6-4-2-1-3-5-7-9-11-15-19-36)27-18-14-13-16-22(26(34)35)28(20-24(30)31)21-25(32)33/h22,36H,1-21H2,(H,27,29)(H,30,31)(H,32,33)(H,34,35)/t22-/m0/s1. The monoisotopic (exact) mass is 532 g/mol. The summed E-state index contributed by atoms with van der Waals surface area (Å²) in [7, 11) is 0. The van der Waals surface area contributed by atoms with E-state index in [1.807, 2.05) is 0 Å². The topological polar surface area (TPSA) is 144 Å². The Balaban J connectivity index is 3.74. The quantitative estimate of drug-likeness (QED) is 0.0804. The van der Waals surface area contributed by atoms with Crippen LogP contribution in [0.2, 0.25) is 0 Å². The van der Waals surface area contributed by atoms with E-state index in [0.29, 0.717) is 25.8 Å². The van der Waals surface area contributed by atoms with Crippen LogP contribution in [0.4, 0.5) is 0 Å². The molecule has 0 aromatic rings. The van der Waals surface area contributed by atoms with Crippen molar-refractivity contribution in [2.45, 2.75) is 115 Å². The molecule has 4 N–H and O–H groups in total. The van der Waals surface area contributed by atoms with E-state index in [1.165, 1.54) is 64.2 Å². The zero-order valence-electron chi connectivity index (χ0n) is 21.8. The van der Waals surface area contributed by atoms with Gasteiger partial charge in [0, 0.05) is 13.0 Å². The fourth-order valence-electron chi connectivity index (χ4n) is 4.21. The van der Waals surface area contributed by atoms with Crippen molar-refractivity contribution in [1.29, 1.82) is 0 Å². The molecule has 0 aliphatic heterocycles. The molecule has 0 unspecified atom stereocenters. The SMILES string of the molecule is O=C(O)CN(CC(=O)O)[C@@H](CCCCNC(=O)CCCCCCCCCCCCCCCS)C(=O)O. The molecule has 1 atom stereocenters. The highest BCUT2D eigenvalue weighted by molar-refractivity contribution is 7.80. The van der Waals surface area contributed by atoms with Crippen molar-refractivity contribution in [2.75, 3.05) is 25.4 Å². The molecule has 0 saturated carbocycles. The van der Waals surface area contributed by atoms with E-state index in [2.05, 4.69) is 17.9 Å². The number of carbonyl (C=O) groups excluding carboxylic acids is 1. The summed E-state index contributed by atoms with van der Waals surface area (Å²) < 4.78 is 0. The maximum Gasteiger partial charge on any atom is 0.320 e. The third kappa shape index (κ3) is 21.5. The molecule has 210 valence electrons. The smallest absolute Gasteiger partial charge is 0.320 e. The Morgan fingerprint density at radius 2 is 1.08 bits per heavy atom. The first-order chi connectivity index (χ1) is 17.3. The van der Waals surface area contributed by atoms with Gasteiger partial charge in [0.05, 0.1) is 13.1 Å². The van der Waals surface area contributed by atoms with E-state index in [9.17, 15) is 24.3 Å². The zero-order valence-corrected chi connectivity index (χ0v) is 22.7. The van der Waals surface area contributed by atoms with Crippen molar-refractivity contribution in [3.8, 4) is 0 Å². The molecule has 0 aromatic carbocycles. The highest BCUT2D eigenvalue weighted by atomic mass is 32.1. The van der Waals surface area contributed by atoms with E-state index in [4.69, 9.17) is 10.2 Å². The molecule has 0 radical (unpaired) electrons. The van der Waals surface area contributed by atoms with Crippen LogP contribution in [0.1, 0.15) is 109 Å². The minimum Gasteiger partial charge on any atom is -0.480 e. The summed E-state index contributed by atoms with van der Waals surface area (Å²) in [4.78, 5) is 46.3. The maximum absolute atomic E-state index is 12.0. The molecule has 36 heavy (non-hydrogen) atoms. The van der Waals surface area contributed by atoms with Gasteiger partial charge < -0.3 is 20.6 Å². The lowest BCUT2D eigenvalue weighted by Gasteiger charge is -2.25. The van der Waals surface area contributed by atoms with Crippen LogP contribution < -0.4 is 5.32 Å². The van der Waals surface area contributed by atoms with Crippen molar-refractivity contribution in [3.05, 3.63) is 0 Å². The molecule has 9 nitrogen and oxygen atoms in total. The summed E-state index contributed by atoms with van der Waals surface area (Å²) in [6.07, 6.45) is 17.6. The average molecular weight is 533 g/mol. The van der Waals surface area contributed by atoms with E-state index in [0.717, 1.165) is 29.9 Å². The van der Waals surface area contributed by atoms with Gasteiger partial charge in [-0.15, -0.1) is 0 Å². The molecular weight excluding hydrogens is 484 g/mol. The third-order valence-electron chi connectivity index (χ3n) is 6.19. The van der Waals surface area contributed by atoms with Crippen molar-refractivity contribution in [2.24, 2.45) is 0 Å². The Morgan fingerprint density at radius 1 is 0.639 bits per heavy atom. The Bertz CT molecular complexity index is 603. The van der Waals surface area contributed by atoms with Gasteiger partial charge in [0.2, 0.25) is 5.91 Å². The number of hydrogen-bond acceptors (Lipinski definition) is 6. The van der Waals surface area contributed by atoms with Crippen LogP contribution in [-0.2, 0) is 19.2 Å². The molecule has 0 aliphatic rings. The molecule has 1 amide bonds. The predicted molar refractivity (Wildman–Crippen MR) is 144 cm³/mol. The summed E-state index contributed by atoms with van der Waals surface area (Å²) >= 11 is 4.23. The highest BCUT2D eigenvalue weighted by Crippen LogP contribution is 2.13. The minimum absolute atomic E-state index is 0.0162. The van der Waals surface area contributed by atoms with E-state index >= 15 is 0 Å². The molecule has 10 heteroatoms. The van der Waals surface area contributed by atoms with Crippen LogP contribution in [0.3, 0.4) is 0 Å². The summed E-state index contributed by atoms with van der Waals surface area (Å²) in [5, 5.41) is 30.0. The molecule has 0 bridgehead atoms. The number of rotatable bonds is 26. The Hall–Kier alpha value is -1.81. The van der Waals surface area contributed by atoms with Crippen LogP contribution >= 0.6 is 12.6 Å². The first-order valence-electron chi connectivity index (χ1n) is 13.6. The maximum atomic E-state index is 12.0. The Morgan fingerprint density at radius 3 is 1.50 bits per heavy atom. The molecular formula is C26H48N2O7S. The normalized spacial score (nSPS) is 11.9. The summed E-state index contributed by atoms with van der Waals surface area (Å²) in [6.45, 7) is -0.896. The van der Waals surface area contributed by atoms with Gasteiger partial charge in [0.15, 0.2) is 0 Å². The van der Waals surface area contributed by atoms with Gasteiger partial charge in [-0.1, -0.05) is 70.6 Å². The average Bonchev–Trinajstić information content (AvgIpc) is 2.80. The van der Waals surface area contributed by atoms with Gasteiger partial charge in [-0.25, -0.2) is 0 Å². The number of nitrogens with one attached hydrogen (secondary N) is 1. The highest BCUT2D eigenvalue weighted by Gasteiger charge is 2.28. The van der Waals surface area contributed by atoms with Crippen LogP contribution in [0.15, 0.2) is 0 Å². The summed E-state index contributed by atoms with van der Waals surface area (Å²) in [5.74, 6) is -2.83. The molecule has 0 aromatic heterocycles. The molecule has 0 aliphatic carbocycles. The largest absolute Gasteiger partial charge is 0.480 e. The lowest BCUT2D eigenvalue weighted by molar-refractivity contribution is -0.149. The number of carbonyl (C=O) groups is 4. The number of carboxylic acid groups (broad SMARTS) is 3. The first kappa shape index (κ1) is 34.2. The summed E-state index contributed by atoms with van der Waals surface area (Å²) in [5.41, 5.74) is 0. The third-order valence-corrected chi connectivity index (χ3v) is 6.51. The van der Waals surface area contributed by atoms with Crippen LogP contribution in [0.5, 0.6) is 0 Å². The molecule has 0 rings (SSSR count). The fraction of sp³-hybridized carbons (Fsp3) is 0.846. The van der Waals surface area contributed by atoms with Crippen LogP contribution in [0, 0.1) is 0 Å². The molecule has 0 fully saturated rings. The van der Waals surface area contributed by atoms with E-state index < -0.39 is 37.0 Å². The van der Waals surface area contributed by atoms with E-state index in [-0.39, 0.29) is 12.3 Å². The van der Waals surface area contributed by atoms with Gasteiger partial charge >= 0.3 is 17.9 Å². The van der Waals surface area contributed by atoms with Gasteiger partial charge in [0.25, 0.3) is 0 Å². The second-order valence-electron chi connectivity index (χ2n) is 9.46. The summed E-state index contributed by atoms with van der Waals surface area (Å²) in [6, 6.07) is -1.19. The first-order valence-corrected chi connectivity index (χ1v) is 14.2. The predicted octanol–water partition coefficient (Wildman–Crippen LogP) is 4.59.